The van der Waals surface area contributed by atoms with Crippen LogP contribution in [0.15, 0.2) is 43.7 Å². The van der Waals surface area contributed by atoms with E-state index in [0.29, 0.717) is 0 Å². The van der Waals surface area contributed by atoms with Gasteiger partial charge < -0.3 is 9.73 Å². The Balaban J connectivity index is 2.34. The molecule has 0 saturated heterocycles. The van der Waals surface area contributed by atoms with Crippen LogP contribution in [0.2, 0.25) is 0 Å². The fourth-order valence-corrected chi connectivity index (χ4v) is 3.16. The molecule has 0 aliphatic rings. The van der Waals surface area contributed by atoms with Gasteiger partial charge in [0.05, 0.1) is 6.04 Å². The smallest absolute Gasteiger partial charge is 0.135 e. The van der Waals surface area contributed by atoms with Crippen molar-refractivity contribution in [2.75, 3.05) is 7.05 Å². The molecule has 0 amide bonds. The summed E-state index contributed by atoms with van der Waals surface area (Å²) in [6.45, 7) is 2.14. The highest BCUT2D eigenvalue weighted by atomic mass is 79.9. The molecule has 2 nitrogen and oxygen atoms in total. The Morgan fingerprint density at radius 2 is 2.00 bits per heavy atom. The largest absolute Gasteiger partial charge is 0.459 e. The van der Waals surface area contributed by atoms with Crippen LogP contribution in [0.4, 0.5) is 0 Å². The first-order valence-corrected chi connectivity index (χ1v) is 7.46. The van der Waals surface area contributed by atoms with Crippen molar-refractivity contribution in [3.63, 3.8) is 0 Å². The van der Waals surface area contributed by atoms with Crippen LogP contribution in [0.25, 0.3) is 11.3 Å². The van der Waals surface area contributed by atoms with E-state index in [1.165, 1.54) is 0 Å². The van der Waals surface area contributed by atoms with Crippen molar-refractivity contribution in [2.24, 2.45) is 0 Å². The Hall–Kier alpha value is -0.580. The molecule has 0 saturated carbocycles. The van der Waals surface area contributed by atoms with Gasteiger partial charge in [-0.3, -0.25) is 0 Å². The second-order valence-corrected chi connectivity index (χ2v) is 5.85. The van der Waals surface area contributed by atoms with E-state index in [1.54, 1.807) is 0 Å². The van der Waals surface area contributed by atoms with E-state index >= 15 is 0 Å². The Morgan fingerprint density at radius 3 is 2.61 bits per heavy atom. The van der Waals surface area contributed by atoms with Crippen LogP contribution in [0, 0.1) is 0 Å². The molecule has 0 fully saturated rings. The standard InChI is InChI=1S/C14H15Br2NO/c1-3-12(17-2)14-7-6-13(18-14)10-5-4-9(15)8-11(10)16/h4-8,12,17H,3H2,1-2H3. The second kappa shape index (κ2) is 6.04. The lowest BCUT2D eigenvalue weighted by Crippen LogP contribution is -2.14. The Bertz CT molecular complexity index is 532. The molecule has 0 spiro atoms. The molecular formula is C14H15Br2NO. The van der Waals surface area contributed by atoms with E-state index in [1.807, 2.05) is 37.4 Å². The Morgan fingerprint density at radius 1 is 1.22 bits per heavy atom. The quantitative estimate of drug-likeness (QED) is 0.803. The number of benzene rings is 1. The summed E-state index contributed by atoms with van der Waals surface area (Å²) in [6.07, 6.45) is 1.00. The minimum atomic E-state index is 0.271. The zero-order valence-electron chi connectivity index (χ0n) is 10.3. The summed E-state index contributed by atoms with van der Waals surface area (Å²) in [7, 11) is 1.95. The number of rotatable bonds is 4. The molecule has 1 heterocycles. The first-order chi connectivity index (χ1) is 8.65. The topological polar surface area (TPSA) is 25.2 Å². The van der Waals surface area contributed by atoms with Gasteiger partial charge in [0.2, 0.25) is 0 Å². The predicted molar refractivity (Wildman–Crippen MR) is 81.6 cm³/mol. The van der Waals surface area contributed by atoms with Gasteiger partial charge in [0, 0.05) is 14.5 Å². The van der Waals surface area contributed by atoms with Crippen LogP contribution in [0.5, 0.6) is 0 Å². The number of hydrogen-bond donors (Lipinski definition) is 1. The number of furan rings is 1. The van der Waals surface area contributed by atoms with E-state index in [2.05, 4.69) is 44.1 Å². The highest BCUT2D eigenvalue weighted by Crippen LogP contribution is 2.33. The molecule has 0 aliphatic heterocycles. The van der Waals surface area contributed by atoms with Crippen LogP contribution >= 0.6 is 31.9 Å². The summed E-state index contributed by atoms with van der Waals surface area (Å²) in [5.74, 6) is 1.86. The van der Waals surface area contributed by atoms with Crippen molar-refractivity contribution >= 4 is 31.9 Å². The monoisotopic (exact) mass is 371 g/mol. The fourth-order valence-electron chi connectivity index (χ4n) is 1.92. The van der Waals surface area contributed by atoms with E-state index in [9.17, 15) is 0 Å². The van der Waals surface area contributed by atoms with Crippen LogP contribution in [0.1, 0.15) is 25.1 Å². The van der Waals surface area contributed by atoms with Gasteiger partial charge in [0.25, 0.3) is 0 Å². The first kappa shape index (κ1) is 13.8. The van der Waals surface area contributed by atoms with Crippen molar-refractivity contribution in [3.8, 4) is 11.3 Å². The minimum absolute atomic E-state index is 0.271. The van der Waals surface area contributed by atoms with Gasteiger partial charge in [0.15, 0.2) is 0 Å². The highest BCUT2D eigenvalue weighted by Gasteiger charge is 2.13. The van der Waals surface area contributed by atoms with Gasteiger partial charge in [-0.25, -0.2) is 0 Å². The molecular weight excluding hydrogens is 358 g/mol. The Labute approximate surface area is 124 Å². The molecule has 1 aromatic heterocycles. The SMILES string of the molecule is CCC(NC)c1ccc(-c2ccc(Br)cc2Br)o1. The van der Waals surface area contributed by atoms with Crippen molar-refractivity contribution in [3.05, 3.63) is 45.0 Å². The highest BCUT2D eigenvalue weighted by molar-refractivity contribution is 9.11. The second-order valence-electron chi connectivity index (χ2n) is 4.08. The third kappa shape index (κ3) is 2.87. The van der Waals surface area contributed by atoms with E-state index in [4.69, 9.17) is 4.42 Å². The van der Waals surface area contributed by atoms with E-state index < -0.39 is 0 Å². The lowest BCUT2D eigenvalue weighted by Gasteiger charge is -2.10. The molecule has 2 rings (SSSR count). The first-order valence-electron chi connectivity index (χ1n) is 5.88. The summed E-state index contributed by atoms with van der Waals surface area (Å²) in [5.41, 5.74) is 1.07. The molecule has 1 aromatic carbocycles. The maximum atomic E-state index is 5.93. The van der Waals surface area contributed by atoms with Crippen LogP contribution < -0.4 is 5.32 Å². The van der Waals surface area contributed by atoms with Gasteiger partial charge in [-0.15, -0.1) is 0 Å². The predicted octanol–water partition coefficient (Wildman–Crippen LogP) is 5.14. The van der Waals surface area contributed by atoms with Crippen LogP contribution in [0.3, 0.4) is 0 Å². The number of nitrogens with one attached hydrogen (secondary N) is 1. The maximum absolute atomic E-state index is 5.93. The molecule has 0 aliphatic carbocycles. The van der Waals surface area contributed by atoms with Crippen LogP contribution in [-0.4, -0.2) is 7.05 Å². The van der Waals surface area contributed by atoms with Gasteiger partial charge in [0.1, 0.15) is 11.5 Å². The zero-order chi connectivity index (χ0) is 13.1. The molecule has 1 N–H and O–H groups in total. The third-order valence-corrected chi connectivity index (χ3v) is 4.07. The number of hydrogen-bond acceptors (Lipinski definition) is 2. The van der Waals surface area contributed by atoms with E-state index in [-0.39, 0.29) is 6.04 Å². The molecule has 2 aromatic rings. The molecule has 18 heavy (non-hydrogen) atoms. The normalized spacial score (nSPS) is 12.7. The summed E-state index contributed by atoms with van der Waals surface area (Å²) in [5, 5.41) is 3.24. The fraction of sp³-hybridized carbons (Fsp3) is 0.286. The molecule has 4 heteroatoms. The lowest BCUT2D eigenvalue weighted by molar-refractivity contribution is 0.431. The van der Waals surface area contributed by atoms with Gasteiger partial charge in [-0.2, -0.15) is 0 Å². The lowest BCUT2D eigenvalue weighted by atomic mass is 10.1. The van der Waals surface area contributed by atoms with Crippen molar-refractivity contribution in [1.29, 1.82) is 0 Å². The summed E-state index contributed by atoms with van der Waals surface area (Å²) < 4.78 is 8.00. The average molecular weight is 373 g/mol. The molecule has 1 unspecified atom stereocenters. The number of halogens is 2. The van der Waals surface area contributed by atoms with Crippen molar-refractivity contribution in [1.82, 2.24) is 5.32 Å². The molecule has 0 radical (unpaired) electrons. The zero-order valence-corrected chi connectivity index (χ0v) is 13.5. The molecule has 0 bridgehead atoms. The van der Waals surface area contributed by atoms with Gasteiger partial charge in [-0.05, 0) is 59.7 Å². The minimum Gasteiger partial charge on any atom is -0.459 e. The Kier molecular flexibility index (Phi) is 4.65. The summed E-state index contributed by atoms with van der Waals surface area (Å²) >= 11 is 7.01. The van der Waals surface area contributed by atoms with Crippen molar-refractivity contribution < 1.29 is 4.42 Å². The maximum Gasteiger partial charge on any atom is 0.135 e. The summed E-state index contributed by atoms with van der Waals surface area (Å²) in [4.78, 5) is 0. The van der Waals surface area contributed by atoms with Crippen molar-refractivity contribution in [2.45, 2.75) is 19.4 Å². The third-order valence-electron chi connectivity index (χ3n) is 2.92. The molecule has 1 atom stereocenters. The van der Waals surface area contributed by atoms with E-state index in [0.717, 1.165) is 32.5 Å². The van der Waals surface area contributed by atoms with Gasteiger partial charge in [-0.1, -0.05) is 22.9 Å². The summed E-state index contributed by atoms with van der Waals surface area (Å²) in [6, 6.07) is 10.4. The average Bonchev–Trinajstić information content (AvgIpc) is 2.80. The van der Waals surface area contributed by atoms with Crippen LogP contribution in [-0.2, 0) is 0 Å². The molecule has 96 valence electrons. The van der Waals surface area contributed by atoms with Gasteiger partial charge >= 0.3 is 0 Å².